The van der Waals surface area contributed by atoms with Crippen molar-refractivity contribution in [2.24, 2.45) is 5.92 Å². The van der Waals surface area contributed by atoms with E-state index < -0.39 is 59.4 Å². The molecule has 2 unspecified atom stereocenters. The SMILES string of the molecule is CC(C)(C)OC(=O)N1CCOCC1[C@@H](O)[C@H](Cc1cc(F)cc(F)c1)C(=O)N1C(=O)OCC1Cc1ccccc1. The third-order valence-electron chi connectivity index (χ3n) is 6.81. The summed E-state index contributed by atoms with van der Waals surface area (Å²) < 4.78 is 44.4. The highest BCUT2D eigenvalue weighted by molar-refractivity contribution is 5.95. The molecule has 9 nitrogen and oxygen atoms in total. The number of carbonyl (C=O) groups is 3. The average molecular weight is 561 g/mol. The number of hydrogen-bond donors (Lipinski definition) is 1. The third-order valence-corrected chi connectivity index (χ3v) is 6.81. The summed E-state index contributed by atoms with van der Waals surface area (Å²) in [5.74, 6) is -3.86. The molecule has 2 aromatic rings. The van der Waals surface area contributed by atoms with Crippen LogP contribution in [0.3, 0.4) is 0 Å². The molecule has 216 valence electrons. The second kappa shape index (κ2) is 12.3. The number of ether oxygens (including phenoxy) is 3. The topological polar surface area (TPSA) is 106 Å². The highest BCUT2D eigenvalue weighted by Gasteiger charge is 2.47. The maximum absolute atomic E-state index is 14.1. The standard InChI is InChI=1S/C29H34F2N2O7/c1-29(2,3)40-27(36)32-9-10-38-17-24(32)25(34)23(14-19-11-20(30)15-21(31)12-19)26(35)33-22(16-39-28(33)37)13-18-7-5-4-6-8-18/h4-8,11-12,15,22-25,34H,9-10,13-14,16-17H2,1-3H3/t22?,23-,24?,25-/m0/s1. The fraction of sp³-hybridized carbons (Fsp3) is 0.483. The Kier molecular flexibility index (Phi) is 9.05. The number of imide groups is 1. The fourth-order valence-electron chi connectivity index (χ4n) is 5.00. The first-order chi connectivity index (χ1) is 18.9. The van der Waals surface area contributed by atoms with Crippen LogP contribution in [0.5, 0.6) is 0 Å². The van der Waals surface area contributed by atoms with Crippen LogP contribution in [0, 0.1) is 17.6 Å². The van der Waals surface area contributed by atoms with Gasteiger partial charge < -0.3 is 19.3 Å². The van der Waals surface area contributed by atoms with Crippen molar-refractivity contribution >= 4 is 18.1 Å². The molecule has 2 saturated heterocycles. The molecule has 2 heterocycles. The minimum Gasteiger partial charge on any atom is -0.447 e. The van der Waals surface area contributed by atoms with E-state index in [1.165, 1.54) is 4.90 Å². The average Bonchev–Trinajstić information content (AvgIpc) is 3.25. The van der Waals surface area contributed by atoms with E-state index >= 15 is 0 Å². The van der Waals surface area contributed by atoms with Crippen molar-refractivity contribution < 1.29 is 42.5 Å². The zero-order valence-corrected chi connectivity index (χ0v) is 22.7. The normalized spacial score (nSPS) is 21.1. The van der Waals surface area contributed by atoms with Gasteiger partial charge in [-0.3, -0.25) is 9.69 Å². The number of benzene rings is 2. The molecule has 2 aliphatic rings. The molecular formula is C29H34F2N2O7. The number of cyclic esters (lactones) is 1. The summed E-state index contributed by atoms with van der Waals surface area (Å²) in [5, 5.41) is 11.6. The zero-order valence-electron chi connectivity index (χ0n) is 22.7. The summed E-state index contributed by atoms with van der Waals surface area (Å²) in [6, 6.07) is 10.3. The van der Waals surface area contributed by atoms with Crippen LogP contribution in [0.4, 0.5) is 18.4 Å². The molecule has 11 heteroatoms. The lowest BCUT2D eigenvalue weighted by molar-refractivity contribution is -0.142. The number of amides is 3. The van der Waals surface area contributed by atoms with E-state index in [9.17, 15) is 28.3 Å². The lowest BCUT2D eigenvalue weighted by Crippen LogP contribution is -2.59. The van der Waals surface area contributed by atoms with Crippen molar-refractivity contribution in [3.63, 3.8) is 0 Å². The van der Waals surface area contributed by atoms with E-state index in [0.29, 0.717) is 12.5 Å². The lowest BCUT2D eigenvalue weighted by atomic mass is 9.87. The van der Waals surface area contributed by atoms with Crippen LogP contribution < -0.4 is 0 Å². The molecule has 3 amide bonds. The first-order valence-corrected chi connectivity index (χ1v) is 13.2. The predicted molar refractivity (Wildman–Crippen MR) is 139 cm³/mol. The molecular weight excluding hydrogens is 526 g/mol. The quantitative estimate of drug-likeness (QED) is 0.551. The Morgan fingerprint density at radius 1 is 1.07 bits per heavy atom. The van der Waals surface area contributed by atoms with Crippen LogP contribution >= 0.6 is 0 Å². The molecule has 4 atom stereocenters. The Hall–Kier alpha value is -3.57. The van der Waals surface area contributed by atoms with Crippen LogP contribution in [-0.2, 0) is 31.8 Å². The number of halogens is 2. The van der Waals surface area contributed by atoms with E-state index in [2.05, 4.69) is 0 Å². The van der Waals surface area contributed by atoms with Gasteiger partial charge in [-0.05, 0) is 56.9 Å². The van der Waals surface area contributed by atoms with Gasteiger partial charge in [0.25, 0.3) is 0 Å². The molecule has 4 rings (SSSR count). The number of hydrogen-bond acceptors (Lipinski definition) is 7. The van der Waals surface area contributed by atoms with Gasteiger partial charge in [-0.25, -0.2) is 23.3 Å². The zero-order chi connectivity index (χ0) is 29.0. The summed E-state index contributed by atoms with van der Waals surface area (Å²) in [6.07, 6.45) is -3.15. The van der Waals surface area contributed by atoms with E-state index in [1.807, 2.05) is 30.3 Å². The van der Waals surface area contributed by atoms with Crippen LogP contribution in [-0.4, -0.2) is 83.2 Å². The molecule has 0 bridgehead atoms. The Bertz CT molecular complexity index is 1200. The van der Waals surface area contributed by atoms with Gasteiger partial charge in [-0.1, -0.05) is 30.3 Å². The largest absolute Gasteiger partial charge is 0.447 e. The van der Waals surface area contributed by atoms with E-state index in [1.54, 1.807) is 20.8 Å². The van der Waals surface area contributed by atoms with Gasteiger partial charge >= 0.3 is 12.2 Å². The Balaban J connectivity index is 1.66. The number of aliphatic hydroxyl groups excluding tert-OH is 1. The molecule has 1 N–H and O–H groups in total. The minimum atomic E-state index is -1.57. The number of aliphatic hydroxyl groups is 1. The number of rotatable bonds is 7. The molecule has 2 fully saturated rings. The summed E-state index contributed by atoms with van der Waals surface area (Å²) in [7, 11) is 0. The van der Waals surface area contributed by atoms with Crippen LogP contribution in [0.2, 0.25) is 0 Å². The Morgan fingerprint density at radius 2 is 1.75 bits per heavy atom. The minimum absolute atomic E-state index is 0.0482. The summed E-state index contributed by atoms with van der Waals surface area (Å²) in [5.41, 5.74) is 0.149. The van der Waals surface area contributed by atoms with Crippen molar-refractivity contribution in [2.75, 3.05) is 26.4 Å². The lowest BCUT2D eigenvalue weighted by Gasteiger charge is -2.41. The molecule has 0 spiro atoms. The maximum atomic E-state index is 14.1. The fourth-order valence-corrected chi connectivity index (χ4v) is 5.00. The van der Waals surface area contributed by atoms with Gasteiger partial charge in [-0.15, -0.1) is 0 Å². The van der Waals surface area contributed by atoms with E-state index in [4.69, 9.17) is 14.2 Å². The third kappa shape index (κ3) is 7.14. The van der Waals surface area contributed by atoms with Gasteiger partial charge in [0.1, 0.15) is 23.8 Å². The molecule has 0 aliphatic carbocycles. The predicted octanol–water partition coefficient (Wildman–Crippen LogP) is 3.71. The van der Waals surface area contributed by atoms with Crippen molar-refractivity contribution in [3.8, 4) is 0 Å². The van der Waals surface area contributed by atoms with Crippen LogP contribution in [0.25, 0.3) is 0 Å². The number of nitrogens with zero attached hydrogens (tertiary/aromatic N) is 2. The van der Waals surface area contributed by atoms with Crippen molar-refractivity contribution in [1.29, 1.82) is 0 Å². The first kappa shape index (κ1) is 29.4. The maximum Gasteiger partial charge on any atom is 0.416 e. The van der Waals surface area contributed by atoms with Gasteiger partial charge in [0.15, 0.2) is 0 Å². The molecule has 40 heavy (non-hydrogen) atoms. The van der Waals surface area contributed by atoms with E-state index in [0.717, 1.165) is 22.6 Å². The highest BCUT2D eigenvalue weighted by atomic mass is 19.1. The molecule has 2 aromatic carbocycles. The Morgan fingerprint density at radius 3 is 2.40 bits per heavy atom. The second-order valence-electron chi connectivity index (χ2n) is 11.0. The highest BCUT2D eigenvalue weighted by Crippen LogP contribution is 2.28. The van der Waals surface area contributed by atoms with Crippen molar-refractivity contribution in [3.05, 3.63) is 71.3 Å². The number of morpholine rings is 1. The summed E-state index contributed by atoms with van der Waals surface area (Å²) in [6.45, 7) is 5.23. The monoisotopic (exact) mass is 560 g/mol. The van der Waals surface area contributed by atoms with Gasteiger partial charge in [0, 0.05) is 12.6 Å². The molecule has 2 aliphatic heterocycles. The smallest absolute Gasteiger partial charge is 0.416 e. The van der Waals surface area contributed by atoms with Crippen molar-refractivity contribution in [1.82, 2.24) is 9.80 Å². The number of carbonyl (C=O) groups excluding carboxylic acids is 3. The van der Waals surface area contributed by atoms with Gasteiger partial charge in [0.2, 0.25) is 5.91 Å². The first-order valence-electron chi connectivity index (χ1n) is 13.2. The van der Waals surface area contributed by atoms with Gasteiger partial charge in [-0.2, -0.15) is 0 Å². The second-order valence-corrected chi connectivity index (χ2v) is 11.0. The van der Waals surface area contributed by atoms with E-state index in [-0.39, 0.29) is 38.3 Å². The summed E-state index contributed by atoms with van der Waals surface area (Å²) >= 11 is 0. The molecule has 0 radical (unpaired) electrons. The van der Waals surface area contributed by atoms with Crippen molar-refractivity contribution in [2.45, 2.75) is 57.4 Å². The molecule has 0 saturated carbocycles. The van der Waals surface area contributed by atoms with Crippen LogP contribution in [0.1, 0.15) is 31.9 Å². The van der Waals surface area contributed by atoms with Gasteiger partial charge in [0.05, 0.1) is 37.3 Å². The Labute approximate surface area is 231 Å². The molecule has 0 aromatic heterocycles. The van der Waals surface area contributed by atoms with Crippen LogP contribution in [0.15, 0.2) is 48.5 Å². The summed E-state index contributed by atoms with van der Waals surface area (Å²) in [4.78, 5) is 42.0.